The van der Waals surface area contributed by atoms with Crippen LogP contribution in [0.15, 0.2) is 28.8 Å². The standard InChI is InChI=1S/C17H22FN3O2/c1-12-19-17(23-20-12)16-10-15(22-2)11-21(16)8-4-6-13-5-3-7-14(18)9-13/h3,5,7,9,15-16H,4,6,8,10-11H2,1-2H3/t15-,16-/m1/s1. The summed E-state index contributed by atoms with van der Waals surface area (Å²) < 4.78 is 24.1. The normalized spacial score (nSPS) is 21.9. The number of benzene rings is 1. The van der Waals surface area contributed by atoms with Crippen molar-refractivity contribution in [3.63, 3.8) is 0 Å². The first-order valence-corrected chi connectivity index (χ1v) is 7.97. The maximum absolute atomic E-state index is 13.2. The van der Waals surface area contributed by atoms with E-state index in [1.165, 1.54) is 6.07 Å². The van der Waals surface area contributed by atoms with Crippen LogP contribution in [-0.4, -0.2) is 41.3 Å². The number of halogens is 1. The first-order valence-electron chi connectivity index (χ1n) is 7.97. The first kappa shape index (κ1) is 16.1. The second kappa shape index (κ2) is 7.19. The predicted molar refractivity (Wildman–Crippen MR) is 83.5 cm³/mol. The van der Waals surface area contributed by atoms with Crippen LogP contribution < -0.4 is 0 Å². The first-order chi connectivity index (χ1) is 11.2. The molecule has 2 aromatic rings. The molecule has 1 fully saturated rings. The molecule has 124 valence electrons. The lowest BCUT2D eigenvalue weighted by molar-refractivity contribution is 0.108. The van der Waals surface area contributed by atoms with Gasteiger partial charge in [-0.1, -0.05) is 17.3 Å². The van der Waals surface area contributed by atoms with E-state index in [-0.39, 0.29) is 18.0 Å². The Labute approximate surface area is 135 Å². The number of methoxy groups -OCH3 is 1. The second-order valence-corrected chi connectivity index (χ2v) is 6.02. The van der Waals surface area contributed by atoms with E-state index in [0.717, 1.165) is 37.9 Å². The lowest BCUT2D eigenvalue weighted by Crippen LogP contribution is -2.26. The van der Waals surface area contributed by atoms with Crippen molar-refractivity contribution in [1.29, 1.82) is 0 Å². The summed E-state index contributed by atoms with van der Waals surface area (Å²) in [7, 11) is 1.73. The predicted octanol–water partition coefficient (Wildman–Crippen LogP) is 2.91. The van der Waals surface area contributed by atoms with Crippen LogP contribution in [0.25, 0.3) is 0 Å². The fourth-order valence-corrected chi connectivity index (χ4v) is 3.16. The minimum absolute atomic E-state index is 0.105. The zero-order valence-electron chi connectivity index (χ0n) is 13.5. The Balaban J connectivity index is 1.60. The Morgan fingerprint density at radius 3 is 3.00 bits per heavy atom. The molecule has 1 aromatic carbocycles. The third-order valence-corrected chi connectivity index (χ3v) is 4.33. The van der Waals surface area contributed by atoms with E-state index in [9.17, 15) is 4.39 Å². The topological polar surface area (TPSA) is 51.4 Å². The van der Waals surface area contributed by atoms with E-state index in [4.69, 9.17) is 9.26 Å². The summed E-state index contributed by atoms with van der Waals surface area (Å²) in [4.78, 5) is 6.68. The largest absolute Gasteiger partial charge is 0.380 e. The highest BCUT2D eigenvalue weighted by Crippen LogP contribution is 2.32. The molecule has 3 rings (SSSR count). The summed E-state index contributed by atoms with van der Waals surface area (Å²) in [5.41, 5.74) is 1.03. The van der Waals surface area contributed by atoms with E-state index >= 15 is 0 Å². The summed E-state index contributed by atoms with van der Waals surface area (Å²) in [5, 5.41) is 3.89. The number of aromatic nitrogens is 2. The van der Waals surface area contributed by atoms with Gasteiger partial charge in [0.15, 0.2) is 5.82 Å². The van der Waals surface area contributed by atoms with E-state index in [2.05, 4.69) is 15.0 Å². The van der Waals surface area contributed by atoms with Gasteiger partial charge in [0.05, 0.1) is 12.1 Å². The quantitative estimate of drug-likeness (QED) is 0.819. The lowest BCUT2D eigenvalue weighted by Gasteiger charge is -2.21. The van der Waals surface area contributed by atoms with Crippen molar-refractivity contribution < 1.29 is 13.7 Å². The maximum Gasteiger partial charge on any atom is 0.244 e. The van der Waals surface area contributed by atoms with E-state index in [1.54, 1.807) is 19.2 Å². The summed E-state index contributed by atoms with van der Waals surface area (Å²) in [5.74, 6) is 1.13. The minimum Gasteiger partial charge on any atom is -0.380 e. The number of rotatable bonds is 6. The van der Waals surface area contributed by atoms with Crippen molar-refractivity contribution in [2.75, 3.05) is 20.2 Å². The third kappa shape index (κ3) is 3.95. The highest BCUT2D eigenvalue weighted by atomic mass is 19.1. The number of ether oxygens (including phenoxy) is 1. The molecule has 6 heteroatoms. The summed E-state index contributed by atoms with van der Waals surface area (Å²) in [6.45, 7) is 3.57. The van der Waals surface area contributed by atoms with Crippen LogP contribution in [0.2, 0.25) is 0 Å². The molecular weight excluding hydrogens is 297 g/mol. The van der Waals surface area contributed by atoms with Gasteiger partial charge in [0.2, 0.25) is 5.89 Å². The molecule has 23 heavy (non-hydrogen) atoms. The molecule has 1 aliphatic rings. The van der Waals surface area contributed by atoms with Crippen LogP contribution >= 0.6 is 0 Å². The molecule has 2 heterocycles. The molecule has 0 aliphatic carbocycles. The van der Waals surface area contributed by atoms with Crippen LogP contribution in [0.5, 0.6) is 0 Å². The monoisotopic (exact) mass is 319 g/mol. The second-order valence-electron chi connectivity index (χ2n) is 6.02. The van der Waals surface area contributed by atoms with E-state index in [1.807, 2.05) is 13.0 Å². The van der Waals surface area contributed by atoms with Gasteiger partial charge in [-0.25, -0.2) is 4.39 Å². The van der Waals surface area contributed by atoms with Gasteiger partial charge >= 0.3 is 0 Å². The zero-order chi connectivity index (χ0) is 16.2. The highest BCUT2D eigenvalue weighted by Gasteiger charge is 2.36. The van der Waals surface area contributed by atoms with Gasteiger partial charge in [0.1, 0.15) is 5.82 Å². The molecule has 2 atom stereocenters. The Hall–Kier alpha value is -1.79. The van der Waals surface area contributed by atoms with Crippen LogP contribution in [0.4, 0.5) is 4.39 Å². The summed E-state index contributed by atoms with van der Waals surface area (Å²) >= 11 is 0. The molecular formula is C17H22FN3O2. The van der Waals surface area contributed by atoms with Gasteiger partial charge < -0.3 is 9.26 Å². The van der Waals surface area contributed by atoms with Crippen LogP contribution in [0.3, 0.4) is 0 Å². The van der Waals surface area contributed by atoms with Crippen LogP contribution in [0, 0.1) is 12.7 Å². The van der Waals surface area contributed by atoms with Gasteiger partial charge in [0, 0.05) is 13.7 Å². The Kier molecular flexibility index (Phi) is 5.03. The minimum atomic E-state index is -0.178. The molecule has 5 nitrogen and oxygen atoms in total. The fraction of sp³-hybridized carbons (Fsp3) is 0.529. The lowest BCUT2D eigenvalue weighted by atomic mass is 10.1. The average molecular weight is 319 g/mol. The van der Waals surface area contributed by atoms with E-state index in [0.29, 0.717) is 11.7 Å². The van der Waals surface area contributed by atoms with E-state index < -0.39 is 0 Å². The Bertz CT molecular complexity index is 646. The Morgan fingerprint density at radius 2 is 2.30 bits per heavy atom. The molecule has 0 spiro atoms. The molecule has 0 bridgehead atoms. The molecule has 1 aromatic heterocycles. The summed E-state index contributed by atoms with van der Waals surface area (Å²) in [6, 6.07) is 6.89. The van der Waals surface area contributed by atoms with Gasteiger partial charge in [0.25, 0.3) is 0 Å². The Morgan fingerprint density at radius 1 is 1.43 bits per heavy atom. The van der Waals surface area contributed by atoms with Crippen LogP contribution in [0.1, 0.15) is 36.2 Å². The maximum atomic E-state index is 13.2. The molecule has 0 radical (unpaired) electrons. The van der Waals surface area contributed by atoms with Crippen molar-refractivity contribution in [1.82, 2.24) is 15.0 Å². The zero-order valence-corrected chi connectivity index (χ0v) is 13.5. The SMILES string of the molecule is CO[C@@H]1C[C@H](c2nc(C)no2)N(CCCc2cccc(F)c2)C1. The number of aryl methyl sites for hydroxylation is 2. The van der Waals surface area contributed by atoms with Crippen molar-refractivity contribution in [2.24, 2.45) is 0 Å². The van der Waals surface area contributed by atoms with Gasteiger partial charge in [-0.15, -0.1) is 0 Å². The van der Waals surface area contributed by atoms with Crippen molar-refractivity contribution in [3.05, 3.63) is 47.4 Å². The van der Waals surface area contributed by atoms with Crippen LogP contribution in [-0.2, 0) is 11.2 Å². The highest BCUT2D eigenvalue weighted by molar-refractivity contribution is 5.16. The summed E-state index contributed by atoms with van der Waals surface area (Å²) in [6.07, 6.45) is 2.84. The molecule has 1 aliphatic heterocycles. The number of hydrogen-bond acceptors (Lipinski definition) is 5. The third-order valence-electron chi connectivity index (χ3n) is 4.33. The number of nitrogens with zero attached hydrogens (tertiary/aromatic N) is 3. The molecule has 1 saturated heterocycles. The van der Waals surface area contributed by atoms with Gasteiger partial charge in [-0.2, -0.15) is 4.98 Å². The fourth-order valence-electron chi connectivity index (χ4n) is 3.16. The smallest absolute Gasteiger partial charge is 0.244 e. The van der Waals surface area contributed by atoms with Crippen molar-refractivity contribution in [3.8, 4) is 0 Å². The van der Waals surface area contributed by atoms with Gasteiger partial charge in [-0.3, -0.25) is 4.90 Å². The van der Waals surface area contributed by atoms with Crippen molar-refractivity contribution in [2.45, 2.75) is 38.3 Å². The molecule has 0 N–H and O–H groups in total. The average Bonchev–Trinajstić information content (AvgIpc) is 3.13. The number of likely N-dealkylation sites (tertiary alicyclic amines) is 1. The van der Waals surface area contributed by atoms with Crippen molar-refractivity contribution >= 4 is 0 Å². The number of hydrogen-bond donors (Lipinski definition) is 0. The molecule has 0 amide bonds. The molecule has 0 unspecified atom stereocenters. The van der Waals surface area contributed by atoms with Gasteiger partial charge in [-0.05, 0) is 50.4 Å². The molecule has 0 saturated carbocycles.